The first kappa shape index (κ1) is 22.9. The molecular weight excluding hydrogens is 424 g/mol. The van der Waals surface area contributed by atoms with E-state index in [4.69, 9.17) is 0 Å². The van der Waals surface area contributed by atoms with E-state index in [0.717, 1.165) is 23.1 Å². The number of aliphatic carboxylic acids is 1. The molecule has 32 heavy (non-hydrogen) atoms. The quantitative estimate of drug-likeness (QED) is 0.707. The molecule has 2 aromatic rings. The van der Waals surface area contributed by atoms with E-state index in [1.165, 1.54) is 42.2 Å². The zero-order valence-electron chi connectivity index (χ0n) is 17.1. The first-order valence-corrected chi connectivity index (χ1v) is 9.78. The summed E-state index contributed by atoms with van der Waals surface area (Å²) >= 11 is 0. The van der Waals surface area contributed by atoms with Crippen LogP contribution in [0.4, 0.5) is 8.78 Å². The SMILES string of the molecule is CC(=O)N1CCN(C(=O)c2cccc(F)c2)C1C(=O)NC(CC(=O)O)c1ccc(F)cc1. The molecule has 8 nitrogen and oxygen atoms in total. The molecule has 2 N–H and O–H groups in total. The zero-order chi connectivity index (χ0) is 23.4. The zero-order valence-corrected chi connectivity index (χ0v) is 17.1. The van der Waals surface area contributed by atoms with E-state index in [-0.39, 0.29) is 18.7 Å². The number of carboxylic acid groups (broad SMARTS) is 1. The van der Waals surface area contributed by atoms with Crippen molar-refractivity contribution < 1.29 is 33.1 Å². The fourth-order valence-electron chi connectivity index (χ4n) is 3.61. The van der Waals surface area contributed by atoms with E-state index in [0.29, 0.717) is 5.56 Å². The summed E-state index contributed by atoms with van der Waals surface area (Å²) in [5.74, 6) is -4.25. The van der Waals surface area contributed by atoms with Gasteiger partial charge in [-0.3, -0.25) is 19.2 Å². The Kier molecular flexibility index (Phi) is 6.82. The maximum absolute atomic E-state index is 13.6. The minimum absolute atomic E-state index is 0.00817. The molecule has 0 aliphatic carbocycles. The van der Waals surface area contributed by atoms with Crippen LogP contribution in [-0.2, 0) is 14.4 Å². The van der Waals surface area contributed by atoms with Gasteiger partial charge in [0, 0.05) is 25.6 Å². The van der Waals surface area contributed by atoms with Crippen LogP contribution in [0.15, 0.2) is 48.5 Å². The average molecular weight is 445 g/mol. The summed E-state index contributed by atoms with van der Waals surface area (Å²) in [7, 11) is 0. The molecule has 1 saturated heterocycles. The summed E-state index contributed by atoms with van der Waals surface area (Å²) in [5.41, 5.74) is 0.353. The first-order valence-electron chi connectivity index (χ1n) is 9.78. The number of carboxylic acids is 1. The van der Waals surface area contributed by atoms with Crippen LogP contribution in [0.3, 0.4) is 0 Å². The van der Waals surface area contributed by atoms with Crippen molar-refractivity contribution in [2.45, 2.75) is 25.6 Å². The fraction of sp³-hybridized carbons (Fsp3) is 0.273. The van der Waals surface area contributed by atoms with Crippen LogP contribution >= 0.6 is 0 Å². The van der Waals surface area contributed by atoms with Crippen molar-refractivity contribution in [3.05, 3.63) is 71.3 Å². The van der Waals surface area contributed by atoms with Crippen LogP contribution in [0.25, 0.3) is 0 Å². The highest BCUT2D eigenvalue weighted by molar-refractivity contribution is 5.99. The van der Waals surface area contributed by atoms with Gasteiger partial charge in [0.25, 0.3) is 11.8 Å². The number of amides is 3. The van der Waals surface area contributed by atoms with Crippen LogP contribution < -0.4 is 5.32 Å². The van der Waals surface area contributed by atoms with Crippen molar-refractivity contribution in [1.82, 2.24) is 15.1 Å². The van der Waals surface area contributed by atoms with Crippen molar-refractivity contribution in [1.29, 1.82) is 0 Å². The molecule has 0 spiro atoms. The van der Waals surface area contributed by atoms with Gasteiger partial charge in [-0.15, -0.1) is 0 Å². The van der Waals surface area contributed by atoms with Gasteiger partial charge in [0.05, 0.1) is 12.5 Å². The third kappa shape index (κ3) is 5.08. The van der Waals surface area contributed by atoms with Crippen LogP contribution in [0.1, 0.15) is 35.3 Å². The molecule has 0 bridgehead atoms. The molecule has 1 fully saturated rings. The normalized spacial score (nSPS) is 16.5. The van der Waals surface area contributed by atoms with Crippen molar-refractivity contribution in [2.75, 3.05) is 13.1 Å². The van der Waals surface area contributed by atoms with Gasteiger partial charge in [0.15, 0.2) is 6.17 Å². The van der Waals surface area contributed by atoms with E-state index < -0.39 is 54.0 Å². The predicted molar refractivity (Wildman–Crippen MR) is 108 cm³/mol. The van der Waals surface area contributed by atoms with Gasteiger partial charge in [-0.05, 0) is 35.9 Å². The molecule has 2 unspecified atom stereocenters. The molecule has 3 rings (SSSR count). The first-order chi connectivity index (χ1) is 15.2. The molecular formula is C22H21F2N3O5. The highest BCUT2D eigenvalue weighted by atomic mass is 19.1. The van der Waals surface area contributed by atoms with Crippen molar-refractivity contribution in [3.63, 3.8) is 0 Å². The highest BCUT2D eigenvalue weighted by Gasteiger charge is 2.42. The Morgan fingerprint density at radius 1 is 1.03 bits per heavy atom. The number of carbonyl (C=O) groups excluding carboxylic acids is 3. The molecule has 2 aromatic carbocycles. The van der Waals surface area contributed by atoms with Gasteiger partial charge in [0.2, 0.25) is 5.91 Å². The predicted octanol–water partition coefficient (Wildman–Crippen LogP) is 1.93. The Bertz CT molecular complexity index is 1040. The number of rotatable bonds is 6. The Labute approximate surface area is 182 Å². The van der Waals surface area contributed by atoms with Crippen molar-refractivity contribution in [3.8, 4) is 0 Å². The minimum atomic E-state index is -1.35. The largest absolute Gasteiger partial charge is 0.481 e. The van der Waals surface area contributed by atoms with E-state index in [2.05, 4.69) is 5.32 Å². The van der Waals surface area contributed by atoms with Crippen molar-refractivity contribution in [2.24, 2.45) is 0 Å². The second-order valence-corrected chi connectivity index (χ2v) is 7.31. The number of hydrogen-bond acceptors (Lipinski definition) is 4. The van der Waals surface area contributed by atoms with Gasteiger partial charge in [-0.1, -0.05) is 18.2 Å². The molecule has 1 heterocycles. The second-order valence-electron chi connectivity index (χ2n) is 7.31. The van der Waals surface area contributed by atoms with E-state index in [1.807, 2.05) is 0 Å². The van der Waals surface area contributed by atoms with Crippen LogP contribution in [0.5, 0.6) is 0 Å². The standard InChI is InChI=1S/C22H21F2N3O5/c1-13(28)26-9-10-27(22(32)15-3-2-4-17(24)11-15)21(26)20(31)25-18(12-19(29)30)14-5-7-16(23)8-6-14/h2-8,11,18,21H,9-10,12H2,1H3,(H,25,31)(H,29,30). The molecule has 1 aliphatic rings. The number of hydrogen-bond donors (Lipinski definition) is 2. The number of halogens is 2. The molecule has 10 heteroatoms. The van der Waals surface area contributed by atoms with E-state index >= 15 is 0 Å². The summed E-state index contributed by atoms with van der Waals surface area (Å²) in [6, 6.07) is 8.87. The summed E-state index contributed by atoms with van der Waals surface area (Å²) in [6.07, 6.45) is -1.85. The highest BCUT2D eigenvalue weighted by Crippen LogP contribution is 2.22. The monoisotopic (exact) mass is 445 g/mol. The summed E-state index contributed by atoms with van der Waals surface area (Å²) < 4.78 is 26.9. The maximum atomic E-state index is 13.6. The van der Waals surface area contributed by atoms with Gasteiger partial charge in [-0.2, -0.15) is 0 Å². The van der Waals surface area contributed by atoms with Crippen LogP contribution in [0.2, 0.25) is 0 Å². The van der Waals surface area contributed by atoms with Gasteiger partial charge in [-0.25, -0.2) is 8.78 Å². The van der Waals surface area contributed by atoms with E-state index in [1.54, 1.807) is 0 Å². The smallest absolute Gasteiger partial charge is 0.305 e. The number of benzene rings is 2. The Balaban J connectivity index is 1.89. The van der Waals surface area contributed by atoms with Gasteiger partial charge in [0.1, 0.15) is 11.6 Å². The third-order valence-electron chi connectivity index (χ3n) is 5.11. The lowest BCUT2D eigenvalue weighted by Gasteiger charge is -2.30. The van der Waals surface area contributed by atoms with Crippen LogP contribution in [0, 0.1) is 11.6 Å². The molecule has 3 amide bonds. The lowest BCUT2D eigenvalue weighted by atomic mass is 10.0. The molecule has 2 atom stereocenters. The molecule has 0 aromatic heterocycles. The number of nitrogens with one attached hydrogen (secondary N) is 1. The lowest BCUT2D eigenvalue weighted by molar-refractivity contribution is -0.141. The number of nitrogens with zero attached hydrogens (tertiary/aromatic N) is 2. The van der Waals surface area contributed by atoms with Gasteiger partial charge < -0.3 is 20.2 Å². The Hall–Kier alpha value is -3.82. The van der Waals surface area contributed by atoms with Crippen molar-refractivity contribution >= 4 is 23.7 Å². The molecule has 168 valence electrons. The summed E-state index contributed by atoms with van der Waals surface area (Å²) in [6.45, 7) is 1.35. The topological polar surface area (TPSA) is 107 Å². The summed E-state index contributed by atoms with van der Waals surface area (Å²) in [5, 5.41) is 11.8. The lowest BCUT2D eigenvalue weighted by Crippen LogP contribution is -2.54. The van der Waals surface area contributed by atoms with Gasteiger partial charge >= 0.3 is 5.97 Å². The molecule has 0 radical (unpaired) electrons. The Morgan fingerprint density at radius 3 is 2.28 bits per heavy atom. The Morgan fingerprint density at radius 2 is 1.69 bits per heavy atom. The third-order valence-corrected chi connectivity index (χ3v) is 5.11. The number of carbonyl (C=O) groups is 4. The fourth-order valence-corrected chi connectivity index (χ4v) is 3.61. The average Bonchev–Trinajstić information content (AvgIpc) is 3.18. The minimum Gasteiger partial charge on any atom is -0.481 e. The molecule has 0 saturated carbocycles. The van der Waals surface area contributed by atoms with E-state index in [9.17, 15) is 33.1 Å². The maximum Gasteiger partial charge on any atom is 0.305 e. The second kappa shape index (κ2) is 9.54. The molecule has 1 aliphatic heterocycles. The van der Waals surface area contributed by atoms with Crippen LogP contribution in [-0.4, -0.2) is 57.9 Å². The summed E-state index contributed by atoms with van der Waals surface area (Å²) in [4.78, 5) is 51.9.